The summed E-state index contributed by atoms with van der Waals surface area (Å²) in [6, 6.07) is 0.126. The van der Waals surface area contributed by atoms with E-state index in [-0.39, 0.29) is 24.4 Å². The van der Waals surface area contributed by atoms with Crippen LogP contribution in [-0.2, 0) is 9.59 Å². The monoisotopic (exact) mass is 243 g/mol. The van der Waals surface area contributed by atoms with Crippen molar-refractivity contribution in [1.29, 1.82) is 0 Å². The topological polar surface area (TPSA) is 75.4 Å². The Bertz CT molecular complexity index is 242. The molecular weight excluding hydrogens is 218 g/mol. The molecule has 0 heterocycles. The molecule has 1 atom stereocenters. The molecule has 0 aromatic rings. The number of nitrogens with two attached hydrogens (primary N) is 1. The van der Waals surface area contributed by atoms with Crippen molar-refractivity contribution in [2.75, 3.05) is 19.6 Å². The molecular formula is C12H25N3O2. The summed E-state index contributed by atoms with van der Waals surface area (Å²) in [6.45, 7) is 6.98. The van der Waals surface area contributed by atoms with Crippen molar-refractivity contribution in [3.8, 4) is 0 Å². The predicted molar refractivity (Wildman–Crippen MR) is 68.4 cm³/mol. The fourth-order valence-corrected chi connectivity index (χ4v) is 1.54. The summed E-state index contributed by atoms with van der Waals surface area (Å²) >= 11 is 0. The molecule has 0 aliphatic heterocycles. The quantitative estimate of drug-likeness (QED) is 0.651. The fraction of sp³-hybridized carbons (Fsp3) is 0.833. The highest BCUT2D eigenvalue weighted by atomic mass is 16.2. The number of rotatable bonds is 8. The van der Waals surface area contributed by atoms with Crippen LogP contribution in [0, 0.1) is 0 Å². The van der Waals surface area contributed by atoms with Crippen LogP contribution in [-0.4, -0.2) is 42.4 Å². The van der Waals surface area contributed by atoms with Gasteiger partial charge < -0.3 is 16.0 Å². The molecule has 17 heavy (non-hydrogen) atoms. The number of hydrogen-bond acceptors (Lipinski definition) is 3. The van der Waals surface area contributed by atoms with Gasteiger partial charge in [-0.1, -0.05) is 0 Å². The van der Waals surface area contributed by atoms with Gasteiger partial charge in [0.1, 0.15) is 0 Å². The van der Waals surface area contributed by atoms with E-state index in [2.05, 4.69) is 5.32 Å². The first-order chi connectivity index (χ1) is 8.01. The molecule has 0 aliphatic rings. The Kier molecular flexibility index (Phi) is 8.40. The average Bonchev–Trinajstić information content (AvgIpc) is 2.25. The molecule has 0 rings (SSSR count). The molecule has 5 heteroatoms. The zero-order chi connectivity index (χ0) is 13.3. The van der Waals surface area contributed by atoms with E-state index in [0.29, 0.717) is 19.5 Å². The van der Waals surface area contributed by atoms with Gasteiger partial charge in [0.15, 0.2) is 0 Å². The van der Waals surface area contributed by atoms with Crippen LogP contribution < -0.4 is 11.1 Å². The van der Waals surface area contributed by atoms with Crippen molar-refractivity contribution in [2.24, 2.45) is 5.73 Å². The van der Waals surface area contributed by atoms with Gasteiger partial charge in [-0.3, -0.25) is 9.59 Å². The van der Waals surface area contributed by atoms with E-state index < -0.39 is 0 Å². The number of carbonyl (C=O) groups is 2. The summed E-state index contributed by atoms with van der Waals surface area (Å²) in [6.07, 6.45) is 2.08. The highest BCUT2D eigenvalue weighted by Gasteiger charge is 2.14. The smallest absolute Gasteiger partial charge is 0.239 e. The molecule has 5 nitrogen and oxygen atoms in total. The van der Waals surface area contributed by atoms with Crippen molar-refractivity contribution in [3.63, 3.8) is 0 Å². The molecule has 0 saturated carbocycles. The van der Waals surface area contributed by atoms with E-state index >= 15 is 0 Å². The van der Waals surface area contributed by atoms with Gasteiger partial charge in [0.25, 0.3) is 0 Å². The van der Waals surface area contributed by atoms with Gasteiger partial charge in [0.05, 0.1) is 6.54 Å². The largest absolute Gasteiger partial charge is 0.355 e. The number of hydrogen-bond donors (Lipinski definition) is 2. The van der Waals surface area contributed by atoms with Crippen molar-refractivity contribution >= 4 is 11.8 Å². The van der Waals surface area contributed by atoms with Crippen LogP contribution >= 0.6 is 0 Å². The second-order valence-corrected chi connectivity index (χ2v) is 4.23. The SMILES string of the molecule is CCNC(=O)CN(CC)C(=O)CCCC(C)N. The molecule has 100 valence electrons. The first kappa shape index (κ1) is 15.9. The minimum absolute atomic E-state index is 0.0272. The van der Waals surface area contributed by atoms with Gasteiger partial charge in [0.2, 0.25) is 11.8 Å². The molecule has 0 aromatic heterocycles. The summed E-state index contributed by atoms with van der Waals surface area (Å²) in [5.41, 5.74) is 5.62. The third-order valence-electron chi connectivity index (χ3n) is 2.49. The summed E-state index contributed by atoms with van der Waals surface area (Å²) in [7, 11) is 0. The lowest BCUT2D eigenvalue weighted by Crippen LogP contribution is -2.40. The molecule has 0 fully saturated rings. The van der Waals surface area contributed by atoms with E-state index in [0.717, 1.165) is 12.8 Å². The summed E-state index contributed by atoms with van der Waals surface area (Å²) in [4.78, 5) is 24.8. The molecule has 0 bridgehead atoms. The first-order valence-corrected chi connectivity index (χ1v) is 6.31. The van der Waals surface area contributed by atoms with Crippen molar-refractivity contribution in [1.82, 2.24) is 10.2 Å². The second kappa shape index (κ2) is 8.98. The minimum Gasteiger partial charge on any atom is -0.355 e. The van der Waals surface area contributed by atoms with Gasteiger partial charge >= 0.3 is 0 Å². The van der Waals surface area contributed by atoms with Gasteiger partial charge in [-0.05, 0) is 33.6 Å². The van der Waals surface area contributed by atoms with E-state index in [1.807, 2.05) is 20.8 Å². The third kappa shape index (κ3) is 7.74. The highest BCUT2D eigenvalue weighted by molar-refractivity contribution is 5.84. The molecule has 1 unspecified atom stereocenters. The van der Waals surface area contributed by atoms with Crippen LogP contribution in [0.1, 0.15) is 40.0 Å². The normalized spacial score (nSPS) is 12.0. The van der Waals surface area contributed by atoms with Crippen LogP contribution in [0.15, 0.2) is 0 Å². The van der Waals surface area contributed by atoms with Crippen LogP contribution in [0.2, 0.25) is 0 Å². The first-order valence-electron chi connectivity index (χ1n) is 6.31. The average molecular weight is 243 g/mol. The zero-order valence-electron chi connectivity index (χ0n) is 11.2. The molecule has 0 aromatic carbocycles. The number of likely N-dealkylation sites (N-methyl/N-ethyl adjacent to an activating group) is 2. The molecule has 0 spiro atoms. The lowest BCUT2D eigenvalue weighted by atomic mass is 10.1. The summed E-state index contributed by atoms with van der Waals surface area (Å²) < 4.78 is 0. The Morgan fingerprint density at radius 1 is 1.35 bits per heavy atom. The number of carbonyl (C=O) groups excluding carboxylic acids is 2. The fourth-order valence-electron chi connectivity index (χ4n) is 1.54. The number of nitrogens with zero attached hydrogens (tertiary/aromatic N) is 1. The van der Waals surface area contributed by atoms with E-state index in [1.54, 1.807) is 4.90 Å². The second-order valence-electron chi connectivity index (χ2n) is 4.23. The van der Waals surface area contributed by atoms with Gasteiger partial charge in [-0.2, -0.15) is 0 Å². The maximum absolute atomic E-state index is 11.8. The Morgan fingerprint density at radius 2 is 2.00 bits per heavy atom. The Labute approximate surface area is 104 Å². The minimum atomic E-state index is -0.102. The standard InChI is InChI=1S/C12H25N3O2/c1-4-14-11(16)9-15(5-2)12(17)8-6-7-10(3)13/h10H,4-9,13H2,1-3H3,(H,14,16). The van der Waals surface area contributed by atoms with Crippen molar-refractivity contribution in [3.05, 3.63) is 0 Å². The van der Waals surface area contributed by atoms with E-state index in [9.17, 15) is 9.59 Å². The van der Waals surface area contributed by atoms with E-state index in [1.165, 1.54) is 0 Å². The third-order valence-corrected chi connectivity index (χ3v) is 2.49. The Balaban J connectivity index is 3.99. The van der Waals surface area contributed by atoms with Crippen molar-refractivity contribution < 1.29 is 9.59 Å². The maximum atomic E-state index is 11.8. The maximum Gasteiger partial charge on any atom is 0.239 e. The Hall–Kier alpha value is -1.10. The highest BCUT2D eigenvalue weighted by Crippen LogP contribution is 2.02. The molecule has 0 aliphatic carbocycles. The van der Waals surface area contributed by atoms with Crippen molar-refractivity contribution in [2.45, 2.75) is 46.1 Å². The molecule has 3 N–H and O–H groups in total. The van der Waals surface area contributed by atoms with Gasteiger partial charge in [-0.25, -0.2) is 0 Å². The number of nitrogens with one attached hydrogen (secondary N) is 1. The van der Waals surface area contributed by atoms with E-state index in [4.69, 9.17) is 5.73 Å². The van der Waals surface area contributed by atoms with Crippen LogP contribution in [0.5, 0.6) is 0 Å². The molecule has 2 amide bonds. The predicted octanol–water partition coefficient (Wildman–Crippen LogP) is 0.489. The lowest BCUT2D eigenvalue weighted by molar-refractivity contribution is -0.135. The zero-order valence-corrected chi connectivity index (χ0v) is 11.2. The summed E-state index contributed by atoms with van der Waals surface area (Å²) in [5.74, 6) is -0.0747. The van der Waals surface area contributed by atoms with Crippen LogP contribution in [0.4, 0.5) is 0 Å². The molecule has 0 radical (unpaired) electrons. The Morgan fingerprint density at radius 3 is 2.47 bits per heavy atom. The number of amides is 2. The lowest BCUT2D eigenvalue weighted by Gasteiger charge is -2.20. The summed E-state index contributed by atoms with van der Waals surface area (Å²) in [5, 5.41) is 2.69. The van der Waals surface area contributed by atoms with Gasteiger partial charge in [0, 0.05) is 25.6 Å². The van der Waals surface area contributed by atoms with Crippen LogP contribution in [0.25, 0.3) is 0 Å². The van der Waals surface area contributed by atoms with Gasteiger partial charge in [-0.15, -0.1) is 0 Å². The molecule has 0 saturated heterocycles. The van der Waals surface area contributed by atoms with Crippen LogP contribution in [0.3, 0.4) is 0 Å².